The number of guanidine groups is 1. The summed E-state index contributed by atoms with van der Waals surface area (Å²) in [7, 11) is 0. The molecule has 146 valence electrons. The van der Waals surface area contributed by atoms with Gasteiger partial charge in [0.1, 0.15) is 0 Å². The van der Waals surface area contributed by atoms with Crippen LogP contribution in [0.2, 0.25) is 0 Å². The van der Waals surface area contributed by atoms with Gasteiger partial charge in [0, 0.05) is 26.1 Å². The highest BCUT2D eigenvalue weighted by atomic mass is 127. The van der Waals surface area contributed by atoms with Gasteiger partial charge in [-0.3, -0.25) is 4.79 Å². The molecule has 6 heteroatoms. The van der Waals surface area contributed by atoms with E-state index in [1.54, 1.807) is 0 Å². The van der Waals surface area contributed by atoms with Gasteiger partial charge in [-0.25, -0.2) is 4.99 Å². The molecule has 3 rings (SSSR count). The maximum atomic E-state index is 11.3. The van der Waals surface area contributed by atoms with E-state index in [-0.39, 0.29) is 29.9 Å². The van der Waals surface area contributed by atoms with Crippen molar-refractivity contribution in [2.75, 3.05) is 19.6 Å². The lowest BCUT2D eigenvalue weighted by Crippen LogP contribution is -2.47. The van der Waals surface area contributed by atoms with Crippen molar-refractivity contribution >= 4 is 46.6 Å². The van der Waals surface area contributed by atoms with Crippen LogP contribution in [-0.2, 0) is 11.3 Å². The molecule has 0 bridgehead atoms. The van der Waals surface area contributed by atoms with Crippen molar-refractivity contribution in [2.24, 2.45) is 16.6 Å². The summed E-state index contributed by atoms with van der Waals surface area (Å²) in [5.74, 6) is 1.03. The molecule has 1 aliphatic rings. The summed E-state index contributed by atoms with van der Waals surface area (Å²) in [5.41, 5.74) is 6.61. The predicted molar refractivity (Wildman–Crippen MR) is 122 cm³/mol. The van der Waals surface area contributed by atoms with Gasteiger partial charge in [-0.05, 0) is 42.0 Å². The van der Waals surface area contributed by atoms with Gasteiger partial charge in [0.25, 0.3) is 0 Å². The third kappa shape index (κ3) is 5.82. The van der Waals surface area contributed by atoms with Crippen molar-refractivity contribution < 1.29 is 4.79 Å². The summed E-state index contributed by atoms with van der Waals surface area (Å²) in [6, 6.07) is 14.8. The first-order valence-electron chi connectivity index (χ1n) is 9.45. The molecule has 0 spiro atoms. The Kier molecular flexibility index (Phi) is 8.34. The van der Waals surface area contributed by atoms with E-state index in [2.05, 4.69) is 59.6 Å². The van der Waals surface area contributed by atoms with Crippen molar-refractivity contribution in [3.8, 4) is 0 Å². The molecule has 0 aromatic heterocycles. The molecule has 1 fully saturated rings. The van der Waals surface area contributed by atoms with Gasteiger partial charge in [-0.1, -0.05) is 42.5 Å². The molecular weight excluding hydrogens is 451 g/mol. The van der Waals surface area contributed by atoms with Gasteiger partial charge in [0.15, 0.2) is 5.96 Å². The fourth-order valence-corrected chi connectivity index (χ4v) is 3.72. The zero-order valence-corrected chi connectivity index (χ0v) is 18.2. The lowest BCUT2D eigenvalue weighted by molar-refractivity contribution is -0.119. The van der Waals surface area contributed by atoms with Crippen molar-refractivity contribution in [1.82, 2.24) is 10.2 Å². The van der Waals surface area contributed by atoms with Gasteiger partial charge < -0.3 is 16.0 Å². The summed E-state index contributed by atoms with van der Waals surface area (Å²) in [6.07, 6.45) is 2.58. The Labute approximate surface area is 178 Å². The van der Waals surface area contributed by atoms with E-state index < -0.39 is 0 Å². The molecule has 1 atom stereocenters. The first kappa shape index (κ1) is 21.5. The maximum absolute atomic E-state index is 11.3. The van der Waals surface area contributed by atoms with Gasteiger partial charge >= 0.3 is 0 Å². The number of rotatable bonds is 5. The van der Waals surface area contributed by atoms with Crippen molar-refractivity contribution in [2.45, 2.75) is 32.7 Å². The molecule has 1 unspecified atom stereocenters. The summed E-state index contributed by atoms with van der Waals surface area (Å²) >= 11 is 0. The topological polar surface area (TPSA) is 70.7 Å². The number of primary amides is 1. The standard InChI is InChI=1S/C21H28N4O.HI/c1-2-23-21(25-12-6-7-16(15-25)13-20(22)26)24-14-18-10-5-9-17-8-3-4-11-19(17)18;/h3-5,8-11,16H,2,6-7,12-15H2,1H3,(H2,22,26)(H,23,24);1H. The minimum Gasteiger partial charge on any atom is -0.370 e. The first-order chi connectivity index (χ1) is 12.7. The molecule has 0 radical (unpaired) electrons. The highest BCUT2D eigenvalue weighted by molar-refractivity contribution is 14.0. The van der Waals surface area contributed by atoms with Gasteiger partial charge in [0.05, 0.1) is 6.54 Å². The molecule has 2 aromatic carbocycles. The Hall–Kier alpha value is -1.83. The van der Waals surface area contributed by atoms with Crippen LogP contribution in [0.1, 0.15) is 31.7 Å². The van der Waals surface area contributed by atoms with Crippen LogP contribution >= 0.6 is 24.0 Å². The van der Waals surface area contributed by atoms with E-state index in [0.717, 1.165) is 38.4 Å². The summed E-state index contributed by atoms with van der Waals surface area (Å²) in [4.78, 5) is 18.4. The first-order valence-corrected chi connectivity index (χ1v) is 9.45. The van der Waals surface area contributed by atoms with E-state index in [1.165, 1.54) is 16.3 Å². The van der Waals surface area contributed by atoms with Crippen LogP contribution in [0, 0.1) is 5.92 Å². The van der Waals surface area contributed by atoms with Crippen LogP contribution in [0.4, 0.5) is 0 Å². The number of carbonyl (C=O) groups is 1. The number of nitrogens with two attached hydrogens (primary N) is 1. The molecule has 5 nitrogen and oxygen atoms in total. The smallest absolute Gasteiger partial charge is 0.217 e. The zero-order valence-electron chi connectivity index (χ0n) is 15.9. The predicted octanol–water partition coefficient (Wildman–Crippen LogP) is 3.51. The van der Waals surface area contributed by atoms with E-state index in [0.29, 0.717) is 18.9 Å². The SMILES string of the molecule is CCNC(=NCc1cccc2ccccc12)N1CCCC(CC(N)=O)C1.I. The molecule has 1 heterocycles. The zero-order chi connectivity index (χ0) is 18.4. The minimum absolute atomic E-state index is 0. The maximum Gasteiger partial charge on any atom is 0.217 e. The molecule has 3 N–H and O–H groups in total. The number of aliphatic imine (C=N–C) groups is 1. The minimum atomic E-state index is -0.213. The highest BCUT2D eigenvalue weighted by Crippen LogP contribution is 2.21. The second kappa shape index (κ2) is 10.5. The average Bonchev–Trinajstić information content (AvgIpc) is 2.65. The third-order valence-electron chi connectivity index (χ3n) is 4.92. The third-order valence-corrected chi connectivity index (χ3v) is 4.92. The van der Waals surface area contributed by atoms with E-state index in [9.17, 15) is 4.79 Å². The number of carbonyl (C=O) groups excluding carboxylic acids is 1. The van der Waals surface area contributed by atoms with Gasteiger partial charge in [-0.2, -0.15) is 0 Å². The van der Waals surface area contributed by atoms with Crippen LogP contribution in [0.5, 0.6) is 0 Å². The number of benzene rings is 2. The van der Waals surface area contributed by atoms with Crippen LogP contribution in [-0.4, -0.2) is 36.4 Å². The number of nitrogens with zero attached hydrogens (tertiary/aromatic N) is 2. The number of nitrogens with one attached hydrogen (secondary N) is 1. The Morgan fingerprint density at radius 1 is 1.26 bits per heavy atom. The summed E-state index contributed by atoms with van der Waals surface area (Å²) in [6.45, 7) is 5.35. The number of hydrogen-bond donors (Lipinski definition) is 2. The number of halogens is 1. The van der Waals surface area contributed by atoms with Crippen molar-refractivity contribution in [3.63, 3.8) is 0 Å². The fraction of sp³-hybridized carbons (Fsp3) is 0.429. The number of piperidine rings is 1. The molecule has 1 amide bonds. The van der Waals surface area contributed by atoms with E-state index in [1.807, 2.05) is 0 Å². The number of hydrogen-bond acceptors (Lipinski definition) is 2. The number of fused-ring (bicyclic) bond motifs is 1. The van der Waals surface area contributed by atoms with Crippen LogP contribution in [0.15, 0.2) is 47.5 Å². The van der Waals surface area contributed by atoms with E-state index >= 15 is 0 Å². The Balaban J connectivity index is 0.00000261. The highest BCUT2D eigenvalue weighted by Gasteiger charge is 2.23. The molecule has 2 aromatic rings. The Morgan fingerprint density at radius 2 is 2.04 bits per heavy atom. The molecule has 1 saturated heterocycles. The molecule has 27 heavy (non-hydrogen) atoms. The van der Waals surface area contributed by atoms with Crippen molar-refractivity contribution in [3.05, 3.63) is 48.0 Å². The molecule has 0 saturated carbocycles. The Morgan fingerprint density at radius 3 is 2.81 bits per heavy atom. The average molecular weight is 480 g/mol. The Bertz CT molecular complexity index is 787. The van der Waals surface area contributed by atoms with Crippen LogP contribution < -0.4 is 11.1 Å². The van der Waals surface area contributed by atoms with Crippen LogP contribution in [0.3, 0.4) is 0 Å². The normalized spacial score (nSPS) is 17.4. The fourth-order valence-electron chi connectivity index (χ4n) is 3.72. The van der Waals surface area contributed by atoms with Gasteiger partial charge in [0.2, 0.25) is 5.91 Å². The molecule has 1 aliphatic heterocycles. The molecule has 0 aliphatic carbocycles. The van der Waals surface area contributed by atoms with Crippen molar-refractivity contribution in [1.29, 1.82) is 0 Å². The second-order valence-electron chi connectivity index (χ2n) is 6.93. The number of likely N-dealkylation sites (tertiary alicyclic amines) is 1. The lowest BCUT2D eigenvalue weighted by atomic mass is 9.95. The number of amides is 1. The molecular formula is C21H29IN4O. The van der Waals surface area contributed by atoms with Crippen LogP contribution in [0.25, 0.3) is 10.8 Å². The van der Waals surface area contributed by atoms with Gasteiger partial charge in [-0.15, -0.1) is 24.0 Å². The quantitative estimate of drug-likeness (QED) is 0.391. The largest absolute Gasteiger partial charge is 0.370 e. The monoisotopic (exact) mass is 480 g/mol. The van der Waals surface area contributed by atoms with E-state index in [4.69, 9.17) is 10.7 Å². The second-order valence-corrected chi connectivity index (χ2v) is 6.93. The summed E-state index contributed by atoms with van der Waals surface area (Å²) < 4.78 is 0. The lowest BCUT2D eigenvalue weighted by Gasteiger charge is -2.34. The summed E-state index contributed by atoms with van der Waals surface area (Å²) in [5, 5.41) is 5.89.